The molecule has 0 saturated carbocycles. The predicted octanol–water partition coefficient (Wildman–Crippen LogP) is 4.35. The molecule has 1 aromatic heterocycles. The summed E-state index contributed by atoms with van der Waals surface area (Å²) in [5.74, 6) is -0.418. The van der Waals surface area contributed by atoms with Crippen LogP contribution in [0.3, 0.4) is 0 Å². The summed E-state index contributed by atoms with van der Waals surface area (Å²) in [6.45, 7) is 0. The topological polar surface area (TPSA) is 50.9 Å². The van der Waals surface area contributed by atoms with Crippen molar-refractivity contribution in [3.8, 4) is 0 Å². The van der Waals surface area contributed by atoms with E-state index in [2.05, 4.69) is 10.3 Å². The fourth-order valence-corrected chi connectivity index (χ4v) is 2.26. The van der Waals surface area contributed by atoms with E-state index in [0.29, 0.717) is 21.9 Å². The lowest BCUT2D eigenvalue weighted by atomic mass is 10.1. The summed E-state index contributed by atoms with van der Waals surface area (Å²) in [4.78, 5) is 4.29. The van der Waals surface area contributed by atoms with Crippen molar-refractivity contribution in [3.05, 3.63) is 59.5 Å². The van der Waals surface area contributed by atoms with E-state index < -0.39 is 5.82 Å². The number of rotatable bonds is 2. The molecule has 0 aliphatic heterocycles. The van der Waals surface area contributed by atoms with Crippen molar-refractivity contribution < 1.29 is 4.39 Å². The Morgan fingerprint density at radius 3 is 2.75 bits per heavy atom. The van der Waals surface area contributed by atoms with Gasteiger partial charge in [0.05, 0.1) is 21.9 Å². The lowest BCUT2D eigenvalue weighted by Gasteiger charge is -2.12. The summed E-state index contributed by atoms with van der Waals surface area (Å²) >= 11 is 6.01. The lowest BCUT2D eigenvalue weighted by Crippen LogP contribution is -1.98. The average Bonchev–Trinajstić information content (AvgIpc) is 2.46. The van der Waals surface area contributed by atoms with Crippen molar-refractivity contribution >= 4 is 39.6 Å². The number of nitrogens with one attached hydrogen (secondary N) is 1. The maximum absolute atomic E-state index is 13.8. The third-order valence-electron chi connectivity index (χ3n) is 3.03. The second kappa shape index (κ2) is 4.98. The molecule has 3 N–H and O–H groups in total. The Kier molecular flexibility index (Phi) is 3.16. The molecule has 0 bridgehead atoms. The van der Waals surface area contributed by atoms with Crippen LogP contribution in [0, 0.1) is 5.82 Å². The van der Waals surface area contributed by atoms with Gasteiger partial charge in [0.15, 0.2) is 0 Å². The normalized spacial score (nSPS) is 10.7. The molecule has 0 spiro atoms. The summed E-state index contributed by atoms with van der Waals surface area (Å²) in [5.41, 5.74) is 8.09. The van der Waals surface area contributed by atoms with Crippen molar-refractivity contribution in [2.24, 2.45) is 0 Å². The number of anilines is 3. The van der Waals surface area contributed by atoms with Crippen LogP contribution in [0.1, 0.15) is 0 Å². The van der Waals surface area contributed by atoms with E-state index in [9.17, 15) is 4.39 Å². The Morgan fingerprint density at radius 1 is 1.10 bits per heavy atom. The van der Waals surface area contributed by atoms with Gasteiger partial charge in [-0.25, -0.2) is 4.39 Å². The van der Waals surface area contributed by atoms with Crippen LogP contribution in [-0.2, 0) is 0 Å². The van der Waals surface area contributed by atoms with Crippen molar-refractivity contribution in [3.63, 3.8) is 0 Å². The van der Waals surface area contributed by atoms with Gasteiger partial charge in [-0.05, 0) is 36.4 Å². The quantitative estimate of drug-likeness (QED) is 0.689. The molecule has 5 heteroatoms. The van der Waals surface area contributed by atoms with Gasteiger partial charge in [-0.15, -0.1) is 0 Å². The first-order valence-electron chi connectivity index (χ1n) is 6.01. The van der Waals surface area contributed by atoms with Gasteiger partial charge in [-0.2, -0.15) is 0 Å². The van der Waals surface area contributed by atoms with Gasteiger partial charge in [-0.1, -0.05) is 17.7 Å². The first-order valence-corrected chi connectivity index (χ1v) is 6.39. The molecular formula is C15H11ClFN3. The van der Waals surface area contributed by atoms with Gasteiger partial charge in [0.2, 0.25) is 0 Å². The first kappa shape index (κ1) is 12.7. The highest BCUT2D eigenvalue weighted by atomic mass is 35.5. The summed E-state index contributed by atoms with van der Waals surface area (Å²) < 4.78 is 13.8. The fraction of sp³-hybridized carbons (Fsp3) is 0. The zero-order chi connectivity index (χ0) is 14.1. The number of fused-ring (bicyclic) bond motifs is 1. The van der Waals surface area contributed by atoms with Gasteiger partial charge in [0.1, 0.15) is 5.82 Å². The Morgan fingerprint density at radius 2 is 1.95 bits per heavy atom. The van der Waals surface area contributed by atoms with Gasteiger partial charge >= 0.3 is 0 Å². The third kappa shape index (κ3) is 2.14. The number of nitrogen functional groups attached to an aromatic ring is 1. The van der Waals surface area contributed by atoms with Crippen LogP contribution >= 0.6 is 11.6 Å². The largest absolute Gasteiger partial charge is 0.398 e. The SMILES string of the molecule is Nc1ccc(Nc2c(F)cccc2Cl)c2ncccc12. The van der Waals surface area contributed by atoms with E-state index in [0.717, 1.165) is 5.39 Å². The maximum Gasteiger partial charge on any atom is 0.148 e. The van der Waals surface area contributed by atoms with Gasteiger partial charge in [-0.3, -0.25) is 4.98 Å². The third-order valence-corrected chi connectivity index (χ3v) is 3.34. The van der Waals surface area contributed by atoms with Crippen LogP contribution in [0.4, 0.5) is 21.5 Å². The van der Waals surface area contributed by atoms with Gasteiger partial charge < -0.3 is 11.1 Å². The smallest absolute Gasteiger partial charge is 0.148 e. The molecule has 0 aliphatic rings. The first-order chi connectivity index (χ1) is 9.66. The highest BCUT2D eigenvalue weighted by Gasteiger charge is 2.10. The molecule has 0 amide bonds. The summed E-state index contributed by atoms with van der Waals surface area (Å²) in [6.07, 6.45) is 1.66. The van der Waals surface area contributed by atoms with Crippen LogP contribution in [0.5, 0.6) is 0 Å². The molecule has 0 saturated heterocycles. The zero-order valence-electron chi connectivity index (χ0n) is 10.4. The Balaban J connectivity index is 2.14. The number of nitrogens with two attached hydrogens (primary N) is 1. The zero-order valence-corrected chi connectivity index (χ0v) is 11.2. The van der Waals surface area contributed by atoms with Crippen LogP contribution in [0.2, 0.25) is 5.02 Å². The molecular weight excluding hydrogens is 277 g/mol. The molecule has 3 aromatic rings. The monoisotopic (exact) mass is 287 g/mol. The Labute approximate surface area is 120 Å². The standard InChI is InChI=1S/C15H11ClFN3/c16-10-4-1-5-11(17)15(10)20-13-7-6-12(18)9-3-2-8-19-14(9)13/h1-8,20H,18H2. The molecule has 1 heterocycles. The highest BCUT2D eigenvalue weighted by Crippen LogP contribution is 2.32. The van der Waals surface area contributed by atoms with E-state index in [4.69, 9.17) is 17.3 Å². The van der Waals surface area contributed by atoms with Gasteiger partial charge in [0, 0.05) is 17.3 Å². The van der Waals surface area contributed by atoms with E-state index >= 15 is 0 Å². The second-order valence-electron chi connectivity index (χ2n) is 4.32. The minimum atomic E-state index is -0.418. The molecule has 3 rings (SSSR count). The minimum Gasteiger partial charge on any atom is -0.398 e. The number of benzene rings is 2. The van der Waals surface area contributed by atoms with E-state index in [-0.39, 0.29) is 5.69 Å². The molecule has 2 aromatic carbocycles. The second-order valence-corrected chi connectivity index (χ2v) is 4.73. The average molecular weight is 288 g/mol. The number of nitrogens with zero attached hydrogens (tertiary/aromatic N) is 1. The Bertz CT molecular complexity index is 769. The molecule has 0 radical (unpaired) electrons. The highest BCUT2D eigenvalue weighted by molar-refractivity contribution is 6.33. The predicted molar refractivity (Wildman–Crippen MR) is 80.8 cm³/mol. The number of hydrogen-bond acceptors (Lipinski definition) is 3. The minimum absolute atomic E-state index is 0.228. The number of halogens is 2. The number of para-hydroxylation sites is 1. The van der Waals surface area contributed by atoms with E-state index in [1.54, 1.807) is 36.5 Å². The van der Waals surface area contributed by atoms with E-state index in [1.807, 2.05) is 6.07 Å². The molecule has 0 aliphatic carbocycles. The number of aromatic nitrogens is 1. The van der Waals surface area contributed by atoms with Crippen molar-refractivity contribution in [1.29, 1.82) is 0 Å². The molecule has 3 nitrogen and oxygen atoms in total. The van der Waals surface area contributed by atoms with E-state index in [1.165, 1.54) is 6.07 Å². The number of hydrogen-bond donors (Lipinski definition) is 2. The fourth-order valence-electron chi connectivity index (χ4n) is 2.05. The van der Waals surface area contributed by atoms with Crippen LogP contribution in [0.25, 0.3) is 10.9 Å². The summed E-state index contributed by atoms with van der Waals surface area (Å²) in [7, 11) is 0. The summed E-state index contributed by atoms with van der Waals surface area (Å²) in [5, 5.41) is 4.11. The van der Waals surface area contributed by atoms with Gasteiger partial charge in [0.25, 0.3) is 0 Å². The number of pyridine rings is 1. The lowest BCUT2D eigenvalue weighted by molar-refractivity contribution is 0.632. The molecule has 0 atom stereocenters. The maximum atomic E-state index is 13.8. The van der Waals surface area contributed by atoms with Crippen LogP contribution in [0.15, 0.2) is 48.7 Å². The van der Waals surface area contributed by atoms with Crippen molar-refractivity contribution in [2.45, 2.75) is 0 Å². The molecule has 20 heavy (non-hydrogen) atoms. The molecule has 100 valence electrons. The van der Waals surface area contributed by atoms with Crippen molar-refractivity contribution in [2.75, 3.05) is 11.1 Å². The summed E-state index contributed by atoms with van der Waals surface area (Å²) in [6, 6.07) is 11.7. The Hall–Kier alpha value is -2.33. The van der Waals surface area contributed by atoms with Crippen LogP contribution in [-0.4, -0.2) is 4.98 Å². The molecule has 0 unspecified atom stereocenters. The van der Waals surface area contributed by atoms with Crippen molar-refractivity contribution in [1.82, 2.24) is 4.98 Å². The molecule has 0 fully saturated rings. The van der Waals surface area contributed by atoms with Crippen LogP contribution < -0.4 is 11.1 Å².